The van der Waals surface area contributed by atoms with E-state index in [9.17, 15) is 0 Å². The van der Waals surface area contributed by atoms with Crippen molar-refractivity contribution in [1.29, 1.82) is 0 Å². The topological polar surface area (TPSA) is 51.0 Å². The Bertz CT molecular complexity index is 581. The van der Waals surface area contributed by atoms with Crippen LogP contribution in [0.25, 0.3) is 11.5 Å². The lowest BCUT2D eigenvalue weighted by molar-refractivity contribution is 0.367. The van der Waals surface area contributed by atoms with Crippen LogP contribution in [0, 0.1) is 0 Å². The minimum absolute atomic E-state index is 0.210. The van der Waals surface area contributed by atoms with Crippen molar-refractivity contribution in [3.63, 3.8) is 0 Å². The Kier molecular flexibility index (Phi) is 3.86. The molecule has 0 spiro atoms. The maximum absolute atomic E-state index is 5.97. The number of rotatable bonds is 2. The molecule has 0 bridgehead atoms. The van der Waals surface area contributed by atoms with Gasteiger partial charge in [0.2, 0.25) is 0 Å². The average Bonchev–Trinajstić information content (AvgIpc) is 2.93. The second kappa shape index (κ2) is 5.61. The molecule has 2 aromatic rings. The van der Waals surface area contributed by atoms with Crippen LogP contribution in [0.3, 0.4) is 0 Å². The Morgan fingerprint density at radius 2 is 2.26 bits per heavy atom. The van der Waals surface area contributed by atoms with E-state index in [1.165, 1.54) is 12.8 Å². The maximum Gasteiger partial charge on any atom is 0.258 e. The van der Waals surface area contributed by atoms with E-state index in [4.69, 9.17) is 16.1 Å². The molecular formula is C13H13BrClN3O. The van der Waals surface area contributed by atoms with Gasteiger partial charge in [0.25, 0.3) is 5.89 Å². The number of nitrogens with zero attached hydrogens (tertiary/aromatic N) is 2. The molecular weight excluding hydrogens is 330 g/mol. The molecule has 1 aliphatic heterocycles. The van der Waals surface area contributed by atoms with Gasteiger partial charge >= 0.3 is 0 Å². The summed E-state index contributed by atoms with van der Waals surface area (Å²) >= 11 is 9.36. The molecule has 0 aliphatic carbocycles. The minimum Gasteiger partial charge on any atom is -0.334 e. The van der Waals surface area contributed by atoms with Crippen molar-refractivity contribution in [3.05, 3.63) is 33.5 Å². The molecule has 0 radical (unpaired) electrons. The van der Waals surface area contributed by atoms with Gasteiger partial charge in [0.15, 0.2) is 5.82 Å². The first-order valence-electron chi connectivity index (χ1n) is 6.26. The molecule has 2 heterocycles. The Balaban J connectivity index is 1.85. The molecule has 100 valence electrons. The Morgan fingerprint density at radius 1 is 1.37 bits per heavy atom. The summed E-state index contributed by atoms with van der Waals surface area (Å²) in [5.41, 5.74) is 0.867. The van der Waals surface area contributed by atoms with Gasteiger partial charge in [0, 0.05) is 10.0 Å². The molecule has 4 nitrogen and oxygen atoms in total. The fourth-order valence-electron chi connectivity index (χ4n) is 2.20. The number of piperidine rings is 1. The molecule has 1 unspecified atom stereocenters. The normalized spacial score (nSPS) is 19.6. The lowest BCUT2D eigenvalue weighted by Crippen LogP contribution is -2.27. The first kappa shape index (κ1) is 13.1. The molecule has 1 aromatic carbocycles. The van der Waals surface area contributed by atoms with E-state index in [-0.39, 0.29) is 6.04 Å². The zero-order valence-corrected chi connectivity index (χ0v) is 12.5. The van der Waals surface area contributed by atoms with Crippen molar-refractivity contribution in [2.24, 2.45) is 0 Å². The third kappa shape index (κ3) is 2.83. The van der Waals surface area contributed by atoms with Crippen LogP contribution >= 0.6 is 27.5 Å². The van der Waals surface area contributed by atoms with Crippen LogP contribution in [-0.2, 0) is 0 Å². The highest BCUT2D eigenvalue weighted by Crippen LogP contribution is 2.29. The van der Waals surface area contributed by atoms with Gasteiger partial charge in [-0.3, -0.25) is 0 Å². The Labute approximate surface area is 124 Å². The van der Waals surface area contributed by atoms with Crippen LogP contribution in [0.1, 0.15) is 31.1 Å². The number of benzene rings is 1. The van der Waals surface area contributed by atoms with Crippen LogP contribution in [-0.4, -0.2) is 16.7 Å². The molecule has 1 atom stereocenters. The van der Waals surface area contributed by atoms with Crippen molar-refractivity contribution in [2.75, 3.05) is 6.54 Å². The van der Waals surface area contributed by atoms with Crippen LogP contribution in [0.5, 0.6) is 0 Å². The monoisotopic (exact) mass is 341 g/mol. The van der Waals surface area contributed by atoms with Gasteiger partial charge in [-0.15, -0.1) is 0 Å². The van der Waals surface area contributed by atoms with Gasteiger partial charge in [-0.2, -0.15) is 4.98 Å². The molecule has 1 aliphatic rings. The van der Waals surface area contributed by atoms with Gasteiger partial charge < -0.3 is 9.84 Å². The molecule has 0 saturated carbocycles. The van der Waals surface area contributed by atoms with Crippen molar-refractivity contribution in [3.8, 4) is 11.5 Å². The van der Waals surface area contributed by atoms with Crippen LogP contribution in [0.2, 0.25) is 5.02 Å². The van der Waals surface area contributed by atoms with Crippen molar-refractivity contribution in [2.45, 2.75) is 25.3 Å². The minimum atomic E-state index is 0.210. The van der Waals surface area contributed by atoms with E-state index in [0.717, 1.165) is 28.8 Å². The summed E-state index contributed by atoms with van der Waals surface area (Å²) in [6, 6.07) is 5.78. The molecule has 1 fully saturated rings. The largest absolute Gasteiger partial charge is 0.334 e. The lowest BCUT2D eigenvalue weighted by atomic mass is 10.0. The standard InChI is InChI=1S/C13H13BrClN3O/c14-9-7-8(4-5-10(9)15)13-17-12(18-19-13)11-3-1-2-6-16-11/h4-5,7,11,16H,1-3,6H2. The summed E-state index contributed by atoms with van der Waals surface area (Å²) < 4.78 is 6.16. The molecule has 6 heteroatoms. The highest BCUT2D eigenvalue weighted by atomic mass is 79.9. The van der Waals surface area contributed by atoms with E-state index in [1.807, 2.05) is 18.2 Å². The number of hydrogen-bond acceptors (Lipinski definition) is 4. The van der Waals surface area contributed by atoms with Crippen LogP contribution in [0.15, 0.2) is 27.2 Å². The predicted molar refractivity (Wildman–Crippen MR) is 77.0 cm³/mol. The smallest absolute Gasteiger partial charge is 0.258 e. The van der Waals surface area contributed by atoms with Crippen LogP contribution in [0.4, 0.5) is 0 Å². The third-order valence-electron chi connectivity index (χ3n) is 3.23. The van der Waals surface area contributed by atoms with E-state index < -0.39 is 0 Å². The second-order valence-electron chi connectivity index (χ2n) is 4.59. The van der Waals surface area contributed by atoms with Gasteiger partial charge in [-0.05, 0) is 53.5 Å². The van der Waals surface area contributed by atoms with Crippen molar-refractivity contribution in [1.82, 2.24) is 15.5 Å². The fourth-order valence-corrected chi connectivity index (χ4v) is 2.69. The average molecular weight is 343 g/mol. The van der Waals surface area contributed by atoms with Crippen molar-refractivity contribution < 1.29 is 4.52 Å². The summed E-state index contributed by atoms with van der Waals surface area (Å²) in [6.07, 6.45) is 3.47. The molecule has 0 amide bonds. The van der Waals surface area contributed by atoms with Gasteiger partial charge in [-0.1, -0.05) is 23.2 Å². The highest BCUT2D eigenvalue weighted by molar-refractivity contribution is 9.10. The van der Waals surface area contributed by atoms with Gasteiger partial charge in [0.05, 0.1) is 11.1 Å². The first-order valence-corrected chi connectivity index (χ1v) is 7.43. The number of nitrogens with one attached hydrogen (secondary N) is 1. The predicted octanol–water partition coefficient (Wildman–Crippen LogP) is 3.97. The SMILES string of the molecule is Clc1ccc(-c2nc(C3CCCCN3)no2)cc1Br. The van der Waals surface area contributed by atoms with Crippen LogP contribution < -0.4 is 5.32 Å². The molecule has 1 aromatic heterocycles. The van der Waals surface area contributed by atoms with E-state index >= 15 is 0 Å². The Morgan fingerprint density at radius 3 is 3.00 bits per heavy atom. The lowest BCUT2D eigenvalue weighted by Gasteiger charge is -2.19. The first-order chi connectivity index (χ1) is 9.24. The summed E-state index contributed by atoms with van der Waals surface area (Å²) in [4.78, 5) is 4.47. The summed E-state index contributed by atoms with van der Waals surface area (Å²) in [5, 5.41) is 8.14. The number of hydrogen-bond donors (Lipinski definition) is 1. The highest BCUT2D eigenvalue weighted by Gasteiger charge is 2.20. The molecule has 3 rings (SSSR count). The van der Waals surface area contributed by atoms with E-state index in [2.05, 4.69) is 31.4 Å². The zero-order chi connectivity index (χ0) is 13.2. The summed E-state index contributed by atoms with van der Waals surface area (Å²) in [7, 11) is 0. The third-order valence-corrected chi connectivity index (χ3v) is 4.44. The van der Waals surface area contributed by atoms with Gasteiger partial charge in [-0.25, -0.2) is 0 Å². The maximum atomic E-state index is 5.97. The Hall–Kier alpha value is -0.910. The van der Waals surface area contributed by atoms with E-state index in [1.54, 1.807) is 0 Å². The number of aromatic nitrogens is 2. The van der Waals surface area contributed by atoms with Crippen molar-refractivity contribution >= 4 is 27.5 Å². The molecule has 1 saturated heterocycles. The second-order valence-corrected chi connectivity index (χ2v) is 5.85. The fraction of sp³-hybridized carbons (Fsp3) is 0.385. The quantitative estimate of drug-likeness (QED) is 0.897. The molecule has 1 N–H and O–H groups in total. The number of halogens is 2. The van der Waals surface area contributed by atoms with E-state index in [0.29, 0.717) is 10.9 Å². The zero-order valence-electron chi connectivity index (χ0n) is 10.2. The summed E-state index contributed by atoms with van der Waals surface area (Å²) in [5.74, 6) is 1.26. The van der Waals surface area contributed by atoms with Gasteiger partial charge in [0.1, 0.15) is 0 Å². The summed E-state index contributed by atoms with van der Waals surface area (Å²) in [6.45, 7) is 1.01. The molecule has 19 heavy (non-hydrogen) atoms.